The molecule has 1 saturated heterocycles. The highest BCUT2D eigenvalue weighted by molar-refractivity contribution is 7.14. The maximum Gasteiger partial charge on any atom is 0.229 e. The van der Waals surface area contributed by atoms with Crippen LogP contribution in [0.25, 0.3) is 22.6 Å². The molecule has 2 aromatic carbocycles. The van der Waals surface area contributed by atoms with Gasteiger partial charge in [-0.25, -0.2) is 4.98 Å². The van der Waals surface area contributed by atoms with Crippen LogP contribution in [0, 0.1) is 12.3 Å². The van der Waals surface area contributed by atoms with E-state index in [2.05, 4.69) is 52.0 Å². The molecule has 1 aliphatic heterocycles. The molecule has 0 saturated carbocycles. The number of nitrogens with one attached hydrogen (secondary N) is 2. The lowest BCUT2D eigenvalue weighted by molar-refractivity contribution is 0.320. The summed E-state index contributed by atoms with van der Waals surface area (Å²) in [6.45, 7) is 2.88. The minimum Gasteiger partial charge on any atom is -0.370 e. The highest BCUT2D eigenvalue weighted by Gasteiger charge is 2.27. The van der Waals surface area contributed by atoms with Crippen LogP contribution in [0.1, 0.15) is 24.3 Å². The number of guanidine groups is 1. The number of aromatic nitrogens is 3. The Kier molecular flexibility index (Phi) is 7.14. The molecule has 2 aromatic heterocycles. The highest BCUT2D eigenvalue weighted by atomic mass is 35.5. The van der Waals surface area contributed by atoms with Crippen molar-refractivity contribution in [1.82, 2.24) is 20.0 Å². The standard InChI is InChI=1S/C24H25N7OS.ClH/c1-15-4-6-16(7-5-15)20-14-33-24(28-20)27-18-10-8-17(9-11-18)22-29-21(32-30-22)13-19-3-2-12-31(19)23(25)26;/h4-11,14,19H,2-3,12-13H2,1H3,(H3,25,26)(H,27,28);1H/t19-;/m0./s1. The zero-order valence-corrected chi connectivity index (χ0v) is 20.3. The van der Waals surface area contributed by atoms with Crippen LogP contribution in [0.5, 0.6) is 0 Å². The molecule has 0 radical (unpaired) electrons. The minimum absolute atomic E-state index is 0. The number of likely N-dealkylation sites (tertiary alicyclic amines) is 1. The highest BCUT2D eigenvalue weighted by Crippen LogP contribution is 2.28. The number of benzene rings is 2. The second-order valence-corrected chi connectivity index (χ2v) is 9.05. The molecule has 4 N–H and O–H groups in total. The van der Waals surface area contributed by atoms with Crippen LogP contribution in [-0.2, 0) is 6.42 Å². The lowest BCUT2D eigenvalue weighted by atomic mass is 10.1. The molecular weight excluding hydrogens is 470 g/mol. The van der Waals surface area contributed by atoms with Crippen LogP contribution < -0.4 is 11.1 Å². The molecular formula is C24H26ClN7OS. The molecule has 1 atom stereocenters. The number of halogens is 1. The van der Waals surface area contributed by atoms with E-state index >= 15 is 0 Å². The molecule has 3 heterocycles. The fourth-order valence-electron chi connectivity index (χ4n) is 4.04. The third kappa shape index (κ3) is 5.21. The van der Waals surface area contributed by atoms with Gasteiger partial charge in [-0.15, -0.1) is 23.7 Å². The van der Waals surface area contributed by atoms with Gasteiger partial charge in [0.15, 0.2) is 11.1 Å². The Bertz CT molecular complexity index is 1250. The molecule has 34 heavy (non-hydrogen) atoms. The van der Waals surface area contributed by atoms with Gasteiger partial charge in [-0.3, -0.25) is 5.41 Å². The fraction of sp³-hybridized carbons (Fsp3) is 0.250. The third-order valence-electron chi connectivity index (χ3n) is 5.81. The summed E-state index contributed by atoms with van der Waals surface area (Å²) in [5.41, 5.74) is 10.8. The van der Waals surface area contributed by atoms with Gasteiger partial charge >= 0.3 is 0 Å². The second kappa shape index (κ2) is 10.2. The largest absolute Gasteiger partial charge is 0.370 e. The molecule has 0 amide bonds. The summed E-state index contributed by atoms with van der Waals surface area (Å²) < 4.78 is 5.46. The van der Waals surface area contributed by atoms with Crippen molar-refractivity contribution in [3.05, 3.63) is 65.4 Å². The van der Waals surface area contributed by atoms with Gasteiger partial charge in [-0.05, 0) is 44.0 Å². The molecule has 5 rings (SSSR count). The maximum atomic E-state index is 7.71. The van der Waals surface area contributed by atoms with E-state index < -0.39 is 0 Å². The van der Waals surface area contributed by atoms with Crippen LogP contribution in [-0.4, -0.2) is 38.6 Å². The van der Waals surface area contributed by atoms with E-state index in [1.54, 1.807) is 11.3 Å². The van der Waals surface area contributed by atoms with Crippen molar-refractivity contribution >= 4 is 40.5 Å². The molecule has 0 bridgehead atoms. The van der Waals surface area contributed by atoms with Crippen molar-refractivity contribution in [2.45, 2.75) is 32.2 Å². The predicted molar refractivity (Wildman–Crippen MR) is 138 cm³/mol. The third-order valence-corrected chi connectivity index (χ3v) is 6.57. The van der Waals surface area contributed by atoms with E-state index in [9.17, 15) is 0 Å². The smallest absolute Gasteiger partial charge is 0.229 e. The van der Waals surface area contributed by atoms with Crippen molar-refractivity contribution in [2.24, 2.45) is 5.73 Å². The van der Waals surface area contributed by atoms with Gasteiger partial charge in [0.25, 0.3) is 0 Å². The van der Waals surface area contributed by atoms with Crippen LogP contribution in [0.2, 0.25) is 0 Å². The monoisotopic (exact) mass is 495 g/mol. The number of hydrogen-bond acceptors (Lipinski definition) is 7. The number of aryl methyl sites for hydroxylation is 1. The summed E-state index contributed by atoms with van der Waals surface area (Å²) in [5.74, 6) is 1.23. The molecule has 176 valence electrons. The summed E-state index contributed by atoms with van der Waals surface area (Å²) in [6, 6.07) is 16.4. The van der Waals surface area contributed by atoms with Crippen molar-refractivity contribution in [2.75, 3.05) is 11.9 Å². The Morgan fingerprint density at radius 1 is 1.15 bits per heavy atom. The van der Waals surface area contributed by atoms with E-state index in [4.69, 9.17) is 20.7 Å². The first-order valence-electron chi connectivity index (χ1n) is 10.9. The summed E-state index contributed by atoms with van der Waals surface area (Å²) >= 11 is 1.57. The van der Waals surface area contributed by atoms with Gasteiger partial charge in [0.05, 0.1) is 5.69 Å². The predicted octanol–water partition coefficient (Wildman–Crippen LogP) is 5.23. The summed E-state index contributed by atoms with van der Waals surface area (Å²) in [5, 5.41) is 18.1. The van der Waals surface area contributed by atoms with Crippen molar-refractivity contribution in [3.8, 4) is 22.6 Å². The topological polar surface area (TPSA) is 117 Å². The lowest BCUT2D eigenvalue weighted by Gasteiger charge is -2.23. The summed E-state index contributed by atoms with van der Waals surface area (Å²) in [6.07, 6.45) is 2.59. The number of hydrogen-bond donors (Lipinski definition) is 3. The number of thiazole rings is 1. The first kappa shape index (κ1) is 23.7. The first-order chi connectivity index (χ1) is 16.0. The lowest BCUT2D eigenvalue weighted by Crippen LogP contribution is -2.41. The molecule has 10 heteroatoms. The summed E-state index contributed by atoms with van der Waals surface area (Å²) in [4.78, 5) is 11.1. The van der Waals surface area contributed by atoms with Crippen molar-refractivity contribution in [1.29, 1.82) is 5.41 Å². The maximum absolute atomic E-state index is 7.71. The van der Waals surface area contributed by atoms with Gasteiger partial charge < -0.3 is 20.5 Å². The van der Waals surface area contributed by atoms with Crippen LogP contribution in [0.4, 0.5) is 10.8 Å². The normalized spacial score (nSPS) is 15.2. The number of anilines is 2. The van der Waals surface area contributed by atoms with E-state index in [-0.39, 0.29) is 24.4 Å². The van der Waals surface area contributed by atoms with Gasteiger partial charge in [0.2, 0.25) is 11.7 Å². The zero-order valence-electron chi connectivity index (χ0n) is 18.7. The van der Waals surface area contributed by atoms with E-state index in [1.807, 2.05) is 29.2 Å². The van der Waals surface area contributed by atoms with Crippen LogP contribution in [0.15, 0.2) is 58.4 Å². The molecule has 8 nitrogen and oxygen atoms in total. The molecule has 0 aliphatic carbocycles. The molecule has 4 aromatic rings. The van der Waals surface area contributed by atoms with Gasteiger partial charge in [-0.2, -0.15) is 4.98 Å². The number of nitrogens with zero attached hydrogens (tertiary/aromatic N) is 4. The van der Waals surface area contributed by atoms with Crippen molar-refractivity contribution < 1.29 is 4.52 Å². The SMILES string of the molecule is Cc1ccc(-c2csc(Nc3ccc(-c4noc(C[C@@H]5CCCN5C(=N)N)n4)cc3)n2)cc1.Cl. The Morgan fingerprint density at radius 2 is 1.88 bits per heavy atom. The molecule has 1 aliphatic rings. The Labute approximate surface area is 208 Å². The fourth-order valence-corrected chi connectivity index (χ4v) is 4.78. The Balaban J connectivity index is 0.00000274. The first-order valence-corrected chi connectivity index (χ1v) is 11.8. The van der Waals surface area contributed by atoms with E-state index in [0.717, 1.165) is 47.0 Å². The van der Waals surface area contributed by atoms with E-state index in [0.29, 0.717) is 18.1 Å². The average Bonchev–Trinajstić information content (AvgIpc) is 3.57. The van der Waals surface area contributed by atoms with Gasteiger partial charge in [0, 0.05) is 41.2 Å². The zero-order chi connectivity index (χ0) is 22.8. The Morgan fingerprint density at radius 3 is 2.62 bits per heavy atom. The van der Waals surface area contributed by atoms with Gasteiger partial charge in [-0.1, -0.05) is 35.0 Å². The molecule has 1 fully saturated rings. The summed E-state index contributed by atoms with van der Waals surface area (Å²) in [7, 11) is 0. The average molecular weight is 496 g/mol. The van der Waals surface area contributed by atoms with Crippen molar-refractivity contribution in [3.63, 3.8) is 0 Å². The molecule has 0 spiro atoms. The van der Waals surface area contributed by atoms with Gasteiger partial charge in [0.1, 0.15) is 0 Å². The minimum atomic E-state index is 0. The van der Waals surface area contributed by atoms with E-state index in [1.165, 1.54) is 5.56 Å². The van der Waals surface area contributed by atoms with Crippen LogP contribution in [0.3, 0.4) is 0 Å². The number of nitrogens with two attached hydrogens (primary N) is 1. The molecule has 0 unspecified atom stereocenters. The number of rotatable bonds is 6. The van der Waals surface area contributed by atoms with Crippen LogP contribution >= 0.6 is 23.7 Å². The Hall–Kier alpha value is -3.43. The second-order valence-electron chi connectivity index (χ2n) is 8.20. The quantitative estimate of drug-likeness (QED) is 0.247.